The highest BCUT2D eigenvalue weighted by atomic mass is 32.2. The minimum atomic E-state index is -3.25. The fourth-order valence-electron chi connectivity index (χ4n) is 1.84. The van der Waals surface area contributed by atoms with Crippen LogP contribution in [-0.4, -0.2) is 41.0 Å². The molecule has 0 amide bonds. The molecule has 1 saturated heterocycles. The molecule has 1 aliphatic rings. The lowest BCUT2D eigenvalue weighted by Gasteiger charge is -2.30. The first-order valence-electron chi connectivity index (χ1n) is 5.46. The molecule has 1 fully saturated rings. The Labute approximate surface area is 101 Å². The van der Waals surface area contributed by atoms with Gasteiger partial charge < -0.3 is 9.64 Å². The zero-order valence-corrected chi connectivity index (χ0v) is 10.5. The van der Waals surface area contributed by atoms with Crippen molar-refractivity contribution in [1.82, 2.24) is 0 Å². The first-order chi connectivity index (χ1) is 8.06. The lowest BCUT2D eigenvalue weighted by Crippen LogP contribution is -2.36. The average molecular weight is 256 g/mol. The summed E-state index contributed by atoms with van der Waals surface area (Å²) in [6.45, 7) is 2.91. The SMILES string of the molecule is CS(=O)(=O)Nc1ccccc1N1CCOCC1. The fraction of sp³-hybridized carbons (Fsp3) is 0.455. The second-order valence-corrected chi connectivity index (χ2v) is 5.74. The van der Waals surface area contributed by atoms with Gasteiger partial charge in [-0.05, 0) is 12.1 Å². The van der Waals surface area contributed by atoms with E-state index < -0.39 is 10.0 Å². The number of anilines is 2. The molecule has 2 rings (SSSR count). The van der Waals surface area contributed by atoms with Gasteiger partial charge in [-0.3, -0.25) is 4.72 Å². The molecular weight excluding hydrogens is 240 g/mol. The van der Waals surface area contributed by atoms with E-state index in [1.165, 1.54) is 0 Å². The van der Waals surface area contributed by atoms with Crippen LogP contribution in [0.3, 0.4) is 0 Å². The molecule has 6 heteroatoms. The summed E-state index contributed by atoms with van der Waals surface area (Å²) in [5.41, 5.74) is 1.53. The number of nitrogens with zero attached hydrogens (tertiary/aromatic N) is 1. The van der Waals surface area contributed by atoms with Gasteiger partial charge in [0.1, 0.15) is 0 Å². The number of sulfonamides is 1. The minimum Gasteiger partial charge on any atom is -0.378 e. The van der Waals surface area contributed by atoms with Gasteiger partial charge in [0.05, 0.1) is 30.8 Å². The van der Waals surface area contributed by atoms with Crippen molar-refractivity contribution in [2.75, 3.05) is 42.2 Å². The Hall–Kier alpha value is -1.27. The summed E-state index contributed by atoms with van der Waals surface area (Å²) >= 11 is 0. The molecule has 94 valence electrons. The Morgan fingerprint density at radius 3 is 2.53 bits per heavy atom. The Kier molecular flexibility index (Phi) is 3.54. The van der Waals surface area contributed by atoms with E-state index in [2.05, 4.69) is 9.62 Å². The van der Waals surface area contributed by atoms with Crippen LogP contribution < -0.4 is 9.62 Å². The Balaban J connectivity index is 2.26. The van der Waals surface area contributed by atoms with Crippen molar-refractivity contribution in [3.8, 4) is 0 Å². The Morgan fingerprint density at radius 2 is 1.88 bits per heavy atom. The molecule has 0 aliphatic carbocycles. The predicted octanol–water partition coefficient (Wildman–Crippen LogP) is 0.895. The molecule has 1 aromatic carbocycles. The van der Waals surface area contributed by atoms with Crippen molar-refractivity contribution in [2.24, 2.45) is 0 Å². The van der Waals surface area contributed by atoms with Gasteiger partial charge in [0.15, 0.2) is 0 Å². The third-order valence-electron chi connectivity index (χ3n) is 2.55. The van der Waals surface area contributed by atoms with Crippen LogP contribution in [0.1, 0.15) is 0 Å². The highest BCUT2D eigenvalue weighted by molar-refractivity contribution is 7.92. The van der Waals surface area contributed by atoms with Crippen LogP contribution in [0.4, 0.5) is 11.4 Å². The van der Waals surface area contributed by atoms with Crippen LogP contribution in [0, 0.1) is 0 Å². The number of nitrogens with one attached hydrogen (secondary N) is 1. The van der Waals surface area contributed by atoms with Gasteiger partial charge in [0.25, 0.3) is 0 Å². The third-order valence-corrected chi connectivity index (χ3v) is 3.14. The maximum Gasteiger partial charge on any atom is 0.229 e. The second kappa shape index (κ2) is 4.93. The third kappa shape index (κ3) is 3.34. The molecule has 0 unspecified atom stereocenters. The monoisotopic (exact) mass is 256 g/mol. The standard InChI is InChI=1S/C11H16N2O3S/c1-17(14,15)12-10-4-2-3-5-11(10)13-6-8-16-9-7-13/h2-5,12H,6-9H2,1H3. The van der Waals surface area contributed by atoms with Gasteiger partial charge >= 0.3 is 0 Å². The number of morpholine rings is 1. The van der Waals surface area contributed by atoms with E-state index in [1.807, 2.05) is 18.2 Å². The predicted molar refractivity (Wildman–Crippen MR) is 67.9 cm³/mol. The average Bonchev–Trinajstić information content (AvgIpc) is 2.29. The van der Waals surface area contributed by atoms with Crippen molar-refractivity contribution >= 4 is 21.4 Å². The van der Waals surface area contributed by atoms with E-state index in [9.17, 15) is 8.42 Å². The van der Waals surface area contributed by atoms with Gasteiger partial charge in [-0.2, -0.15) is 0 Å². The Morgan fingerprint density at radius 1 is 1.24 bits per heavy atom. The van der Waals surface area contributed by atoms with E-state index in [0.717, 1.165) is 25.0 Å². The Bertz CT molecular complexity index is 481. The van der Waals surface area contributed by atoms with Crippen molar-refractivity contribution in [3.05, 3.63) is 24.3 Å². The van der Waals surface area contributed by atoms with E-state index >= 15 is 0 Å². The first kappa shape index (κ1) is 12.2. The number of para-hydroxylation sites is 2. The largest absolute Gasteiger partial charge is 0.378 e. The molecule has 1 aliphatic heterocycles. The lowest BCUT2D eigenvalue weighted by molar-refractivity contribution is 0.123. The number of hydrogen-bond acceptors (Lipinski definition) is 4. The van der Waals surface area contributed by atoms with Crippen LogP contribution in [-0.2, 0) is 14.8 Å². The van der Waals surface area contributed by atoms with Crippen LogP contribution in [0.15, 0.2) is 24.3 Å². The number of benzene rings is 1. The zero-order chi connectivity index (χ0) is 12.3. The highest BCUT2D eigenvalue weighted by Crippen LogP contribution is 2.26. The number of ether oxygens (including phenoxy) is 1. The summed E-state index contributed by atoms with van der Waals surface area (Å²) in [6.07, 6.45) is 1.16. The maximum absolute atomic E-state index is 11.3. The molecule has 17 heavy (non-hydrogen) atoms. The summed E-state index contributed by atoms with van der Waals surface area (Å²) in [5, 5.41) is 0. The van der Waals surface area contributed by atoms with Gasteiger partial charge in [-0.15, -0.1) is 0 Å². The summed E-state index contributed by atoms with van der Waals surface area (Å²) in [5.74, 6) is 0. The molecule has 0 bridgehead atoms. The quantitative estimate of drug-likeness (QED) is 0.872. The smallest absolute Gasteiger partial charge is 0.229 e. The van der Waals surface area contributed by atoms with Gasteiger partial charge in [0, 0.05) is 13.1 Å². The van der Waals surface area contributed by atoms with Crippen LogP contribution in [0.25, 0.3) is 0 Å². The highest BCUT2D eigenvalue weighted by Gasteiger charge is 2.15. The maximum atomic E-state index is 11.3. The first-order valence-corrected chi connectivity index (χ1v) is 7.35. The molecular formula is C11H16N2O3S. The topological polar surface area (TPSA) is 58.6 Å². The van der Waals surface area contributed by atoms with E-state index in [-0.39, 0.29) is 0 Å². The fourth-order valence-corrected chi connectivity index (χ4v) is 2.41. The van der Waals surface area contributed by atoms with E-state index in [4.69, 9.17) is 4.74 Å². The summed E-state index contributed by atoms with van der Waals surface area (Å²) in [7, 11) is -3.25. The second-order valence-electron chi connectivity index (χ2n) is 3.99. The normalized spacial score (nSPS) is 16.9. The number of hydrogen-bond donors (Lipinski definition) is 1. The molecule has 0 atom stereocenters. The van der Waals surface area contributed by atoms with Gasteiger partial charge in [-0.25, -0.2) is 8.42 Å². The van der Waals surface area contributed by atoms with Crippen molar-refractivity contribution < 1.29 is 13.2 Å². The lowest BCUT2D eigenvalue weighted by atomic mass is 10.2. The van der Waals surface area contributed by atoms with Crippen LogP contribution >= 0.6 is 0 Å². The molecule has 1 aromatic rings. The molecule has 0 saturated carbocycles. The zero-order valence-electron chi connectivity index (χ0n) is 9.72. The molecule has 0 aromatic heterocycles. The molecule has 0 radical (unpaired) electrons. The van der Waals surface area contributed by atoms with E-state index in [0.29, 0.717) is 18.9 Å². The van der Waals surface area contributed by atoms with Crippen LogP contribution in [0.2, 0.25) is 0 Å². The van der Waals surface area contributed by atoms with E-state index in [1.54, 1.807) is 6.07 Å². The summed E-state index contributed by atoms with van der Waals surface area (Å²) < 4.78 is 30.4. The van der Waals surface area contributed by atoms with Crippen molar-refractivity contribution in [3.63, 3.8) is 0 Å². The summed E-state index contributed by atoms with van der Waals surface area (Å²) in [6, 6.07) is 7.40. The molecule has 1 N–H and O–H groups in total. The van der Waals surface area contributed by atoms with Crippen molar-refractivity contribution in [1.29, 1.82) is 0 Å². The van der Waals surface area contributed by atoms with Crippen LogP contribution in [0.5, 0.6) is 0 Å². The molecule has 0 spiro atoms. The summed E-state index contributed by atoms with van der Waals surface area (Å²) in [4.78, 5) is 2.12. The number of rotatable bonds is 3. The minimum absolute atomic E-state index is 0.622. The van der Waals surface area contributed by atoms with Crippen molar-refractivity contribution in [2.45, 2.75) is 0 Å². The van der Waals surface area contributed by atoms with Gasteiger partial charge in [0.2, 0.25) is 10.0 Å². The molecule has 1 heterocycles. The van der Waals surface area contributed by atoms with Gasteiger partial charge in [-0.1, -0.05) is 12.1 Å². The molecule has 5 nitrogen and oxygen atoms in total.